The van der Waals surface area contributed by atoms with Gasteiger partial charge in [-0.2, -0.15) is 0 Å². The van der Waals surface area contributed by atoms with Crippen molar-refractivity contribution < 1.29 is 14.0 Å². The molecule has 2 N–H and O–H groups in total. The lowest BCUT2D eigenvalue weighted by atomic mass is 10.3. The summed E-state index contributed by atoms with van der Waals surface area (Å²) in [5, 5.41) is 5.59. The molecule has 7 heteroatoms. The van der Waals surface area contributed by atoms with Crippen LogP contribution in [-0.2, 0) is 6.54 Å². The van der Waals surface area contributed by atoms with E-state index in [9.17, 15) is 9.59 Å². The maximum atomic E-state index is 12.5. The Bertz CT molecular complexity index is 868. The van der Waals surface area contributed by atoms with Crippen molar-refractivity contribution in [2.75, 3.05) is 6.54 Å². The maximum absolute atomic E-state index is 12.5. The second-order valence-corrected chi connectivity index (χ2v) is 5.61. The summed E-state index contributed by atoms with van der Waals surface area (Å²) >= 11 is 0. The highest BCUT2D eigenvalue weighted by Gasteiger charge is 2.21. The van der Waals surface area contributed by atoms with Gasteiger partial charge in [-0.05, 0) is 30.7 Å². The first kappa shape index (κ1) is 16.8. The van der Waals surface area contributed by atoms with Crippen molar-refractivity contribution in [1.82, 2.24) is 20.0 Å². The summed E-state index contributed by atoms with van der Waals surface area (Å²) in [6, 6.07) is 8.90. The van der Waals surface area contributed by atoms with Gasteiger partial charge in [0.05, 0.1) is 18.3 Å². The van der Waals surface area contributed by atoms with Crippen LogP contribution in [0.25, 0.3) is 5.52 Å². The van der Waals surface area contributed by atoms with Gasteiger partial charge in [-0.15, -0.1) is 0 Å². The molecule has 3 aromatic rings. The fraction of sp³-hybridized carbons (Fsp3) is 0.278. The Kier molecular flexibility index (Phi) is 5.13. The quantitative estimate of drug-likeness (QED) is 0.646. The lowest BCUT2D eigenvalue weighted by Crippen LogP contribution is -2.26. The van der Waals surface area contributed by atoms with Gasteiger partial charge in [0, 0.05) is 12.7 Å². The third-order valence-electron chi connectivity index (χ3n) is 3.79. The van der Waals surface area contributed by atoms with E-state index in [-0.39, 0.29) is 29.9 Å². The van der Waals surface area contributed by atoms with Crippen molar-refractivity contribution >= 4 is 17.3 Å². The van der Waals surface area contributed by atoms with Crippen LogP contribution in [0.1, 0.15) is 46.6 Å². The molecule has 0 spiro atoms. The van der Waals surface area contributed by atoms with Crippen LogP contribution in [0, 0.1) is 0 Å². The number of imidazole rings is 1. The highest BCUT2D eigenvalue weighted by Crippen LogP contribution is 2.13. The number of carbonyl (C=O) groups excluding carboxylic acids is 2. The normalized spacial score (nSPS) is 10.8. The number of amides is 2. The number of hydrogen-bond donors (Lipinski definition) is 2. The predicted octanol–water partition coefficient (Wildman–Crippen LogP) is 2.39. The number of hydrogen-bond acceptors (Lipinski definition) is 4. The number of carbonyl (C=O) groups is 2. The fourth-order valence-corrected chi connectivity index (χ4v) is 2.49. The fourth-order valence-electron chi connectivity index (χ4n) is 2.49. The lowest BCUT2D eigenvalue weighted by molar-refractivity contribution is 0.0937. The van der Waals surface area contributed by atoms with Crippen molar-refractivity contribution in [2.45, 2.75) is 26.3 Å². The molecule has 0 bridgehead atoms. The van der Waals surface area contributed by atoms with E-state index >= 15 is 0 Å². The Labute approximate surface area is 145 Å². The topological polar surface area (TPSA) is 88.6 Å². The Hall–Kier alpha value is -3.09. The molecule has 3 heterocycles. The largest absolute Gasteiger partial charge is 0.467 e. The second-order valence-electron chi connectivity index (χ2n) is 5.61. The van der Waals surface area contributed by atoms with E-state index in [4.69, 9.17) is 4.42 Å². The first-order chi connectivity index (χ1) is 12.2. The van der Waals surface area contributed by atoms with Crippen LogP contribution in [-0.4, -0.2) is 27.7 Å². The monoisotopic (exact) mass is 340 g/mol. The summed E-state index contributed by atoms with van der Waals surface area (Å²) in [5.41, 5.74) is 0.847. The standard InChI is InChI=1S/C18H20N4O3/c1-2-3-9-19-17(23)15-14-8-4-5-10-22(14)16(21-15)18(24)20-12-13-7-6-11-25-13/h4-8,10-11H,2-3,9,12H2,1H3,(H,19,23)(H,20,24). The zero-order valence-corrected chi connectivity index (χ0v) is 14.0. The summed E-state index contributed by atoms with van der Waals surface area (Å²) in [4.78, 5) is 29.1. The zero-order valence-electron chi connectivity index (χ0n) is 14.0. The summed E-state index contributed by atoms with van der Waals surface area (Å²) in [6.45, 7) is 2.90. The molecule has 0 saturated carbocycles. The van der Waals surface area contributed by atoms with Crippen molar-refractivity contribution in [1.29, 1.82) is 0 Å². The van der Waals surface area contributed by atoms with Crippen molar-refractivity contribution in [3.05, 3.63) is 60.1 Å². The number of fused-ring (bicyclic) bond motifs is 1. The highest BCUT2D eigenvalue weighted by atomic mass is 16.3. The maximum Gasteiger partial charge on any atom is 0.288 e. The van der Waals surface area contributed by atoms with Crippen molar-refractivity contribution in [3.63, 3.8) is 0 Å². The van der Waals surface area contributed by atoms with Gasteiger partial charge in [0.1, 0.15) is 5.76 Å². The Morgan fingerprint density at radius 1 is 1.16 bits per heavy atom. The van der Waals surface area contributed by atoms with E-state index in [1.807, 2.05) is 6.07 Å². The molecule has 3 aromatic heterocycles. The zero-order chi connectivity index (χ0) is 17.6. The van der Waals surface area contributed by atoms with Gasteiger partial charge < -0.3 is 15.1 Å². The van der Waals surface area contributed by atoms with E-state index in [0.29, 0.717) is 17.8 Å². The molecule has 0 radical (unpaired) electrons. The van der Waals surface area contributed by atoms with E-state index in [2.05, 4.69) is 22.5 Å². The number of unbranched alkanes of at least 4 members (excludes halogenated alkanes) is 1. The third kappa shape index (κ3) is 3.71. The Balaban J connectivity index is 1.83. The van der Waals surface area contributed by atoms with Crippen LogP contribution in [0.5, 0.6) is 0 Å². The molecule has 0 atom stereocenters. The number of pyridine rings is 1. The molecule has 2 amide bonds. The molecule has 0 saturated heterocycles. The molecular weight excluding hydrogens is 320 g/mol. The van der Waals surface area contributed by atoms with Crippen LogP contribution in [0.15, 0.2) is 47.2 Å². The molecule has 0 aliphatic carbocycles. The summed E-state index contributed by atoms with van der Waals surface area (Å²) in [5.74, 6) is 0.169. The average Bonchev–Trinajstić information content (AvgIpc) is 3.27. The number of rotatable bonds is 7. The second kappa shape index (κ2) is 7.65. The molecule has 3 rings (SSSR count). The number of aromatic nitrogens is 2. The minimum Gasteiger partial charge on any atom is -0.467 e. The van der Waals surface area contributed by atoms with Crippen LogP contribution in [0.4, 0.5) is 0 Å². The lowest BCUT2D eigenvalue weighted by Gasteiger charge is -2.02. The molecule has 0 aromatic carbocycles. The predicted molar refractivity (Wildman–Crippen MR) is 92.3 cm³/mol. The van der Waals surface area contributed by atoms with Gasteiger partial charge in [-0.25, -0.2) is 4.98 Å². The van der Waals surface area contributed by atoms with E-state index in [1.165, 1.54) is 0 Å². The summed E-state index contributed by atoms with van der Waals surface area (Å²) < 4.78 is 6.82. The highest BCUT2D eigenvalue weighted by molar-refractivity contribution is 6.02. The molecule has 0 unspecified atom stereocenters. The Morgan fingerprint density at radius 2 is 2.04 bits per heavy atom. The van der Waals surface area contributed by atoms with Gasteiger partial charge in [-0.1, -0.05) is 19.4 Å². The summed E-state index contributed by atoms with van der Waals surface area (Å²) in [6.07, 6.45) is 5.15. The molecule has 0 fully saturated rings. The van der Waals surface area contributed by atoms with Crippen molar-refractivity contribution in [3.8, 4) is 0 Å². The van der Waals surface area contributed by atoms with E-state index < -0.39 is 0 Å². The molecule has 7 nitrogen and oxygen atoms in total. The number of furan rings is 1. The first-order valence-corrected chi connectivity index (χ1v) is 8.26. The first-order valence-electron chi connectivity index (χ1n) is 8.26. The third-order valence-corrected chi connectivity index (χ3v) is 3.79. The Morgan fingerprint density at radius 3 is 2.80 bits per heavy atom. The minimum absolute atomic E-state index is 0.169. The summed E-state index contributed by atoms with van der Waals surface area (Å²) in [7, 11) is 0. The van der Waals surface area contributed by atoms with Crippen LogP contribution in [0.2, 0.25) is 0 Å². The van der Waals surface area contributed by atoms with Crippen LogP contribution < -0.4 is 10.6 Å². The van der Waals surface area contributed by atoms with Gasteiger partial charge in [-0.3, -0.25) is 14.0 Å². The SMILES string of the molecule is CCCCNC(=O)c1nc(C(=O)NCc2ccco2)n2ccccc12. The molecule has 0 aliphatic rings. The molecular formula is C18H20N4O3. The van der Waals surface area contributed by atoms with Crippen LogP contribution >= 0.6 is 0 Å². The molecule has 25 heavy (non-hydrogen) atoms. The van der Waals surface area contributed by atoms with Crippen LogP contribution in [0.3, 0.4) is 0 Å². The van der Waals surface area contributed by atoms with Gasteiger partial charge in [0.25, 0.3) is 11.8 Å². The van der Waals surface area contributed by atoms with Gasteiger partial charge in [0.15, 0.2) is 5.69 Å². The van der Waals surface area contributed by atoms with Crippen molar-refractivity contribution in [2.24, 2.45) is 0 Å². The smallest absolute Gasteiger partial charge is 0.288 e. The minimum atomic E-state index is -0.370. The average molecular weight is 340 g/mol. The number of nitrogens with one attached hydrogen (secondary N) is 2. The van der Waals surface area contributed by atoms with E-state index in [1.54, 1.807) is 41.1 Å². The molecule has 130 valence electrons. The van der Waals surface area contributed by atoms with Gasteiger partial charge in [0.2, 0.25) is 5.82 Å². The molecule has 0 aliphatic heterocycles. The van der Waals surface area contributed by atoms with E-state index in [0.717, 1.165) is 12.8 Å². The van der Waals surface area contributed by atoms with Gasteiger partial charge >= 0.3 is 0 Å². The number of nitrogens with zero attached hydrogens (tertiary/aromatic N) is 2.